The second-order valence-electron chi connectivity index (χ2n) is 7.41. The highest BCUT2D eigenvalue weighted by atomic mass is 16.4. The lowest BCUT2D eigenvalue weighted by molar-refractivity contribution is 0.320. The quantitative estimate of drug-likeness (QED) is 0.186. The summed E-state index contributed by atoms with van der Waals surface area (Å²) in [6.07, 6.45) is 2.23. The van der Waals surface area contributed by atoms with Crippen molar-refractivity contribution in [2.75, 3.05) is 0 Å². The molecule has 2 heterocycles. The molecule has 0 unspecified atom stereocenters. The fraction of sp³-hybridized carbons (Fsp3) is 0.208. The van der Waals surface area contributed by atoms with E-state index in [4.69, 9.17) is 8.83 Å². The number of aryl methyl sites for hydroxylation is 2. The van der Waals surface area contributed by atoms with E-state index in [2.05, 4.69) is 5.16 Å². The Hall–Kier alpha value is -4.07. The Kier molecular flexibility index (Phi) is 5.44. The molecule has 4 aromatic rings. The number of fused-ring (bicyclic) bond motifs is 2. The third-order valence-electron chi connectivity index (χ3n) is 5.61. The lowest BCUT2D eigenvalue weighted by Crippen LogP contribution is -2.21. The van der Waals surface area contributed by atoms with Crippen molar-refractivity contribution >= 4 is 28.2 Å². The van der Waals surface area contributed by atoms with Gasteiger partial charge in [-0.05, 0) is 48.2 Å². The summed E-state index contributed by atoms with van der Waals surface area (Å²) in [4.78, 5) is 25.6. The maximum atomic E-state index is 12.8. The van der Waals surface area contributed by atoms with Gasteiger partial charge in [0.15, 0.2) is 0 Å². The SMILES string of the molecule is CCc1ccc2oc(=O)c(C(/C=N/O)c3c(O)c4cc(CC)ccc4oc3=O)c(O)c2c1. The van der Waals surface area contributed by atoms with Gasteiger partial charge in [0.25, 0.3) is 0 Å². The van der Waals surface area contributed by atoms with Crippen LogP contribution in [0.15, 0.2) is 60.0 Å². The van der Waals surface area contributed by atoms with E-state index in [0.29, 0.717) is 12.8 Å². The van der Waals surface area contributed by atoms with Crippen LogP contribution in [0.1, 0.15) is 42.0 Å². The summed E-state index contributed by atoms with van der Waals surface area (Å²) in [6.45, 7) is 3.87. The molecule has 8 nitrogen and oxygen atoms in total. The van der Waals surface area contributed by atoms with Crippen LogP contribution in [0.25, 0.3) is 21.9 Å². The first-order valence-electron chi connectivity index (χ1n) is 10.1. The lowest BCUT2D eigenvalue weighted by atomic mass is 9.91. The number of hydrogen-bond donors (Lipinski definition) is 3. The van der Waals surface area contributed by atoms with Crippen LogP contribution in [0.2, 0.25) is 0 Å². The first kappa shape index (κ1) is 21.2. The van der Waals surface area contributed by atoms with Crippen LogP contribution in [-0.2, 0) is 12.8 Å². The summed E-state index contributed by atoms with van der Waals surface area (Å²) >= 11 is 0. The van der Waals surface area contributed by atoms with E-state index in [1.807, 2.05) is 13.8 Å². The fourth-order valence-electron chi connectivity index (χ4n) is 3.84. The van der Waals surface area contributed by atoms with Crippen LogP contribution in [-0.4, -0.2) is 21.6 Å². The second-order valence-corrected chi connectivity index (χ2v) is 7.41. The molecule has 3 N–H and O–H groups in total. The second kappa shape index (κ2) is 8.22. The normalized spacial score (nSPS) is 11.8. The predicted octanol–water partition coefficient (Wildman–Crippen LogP) is 4.03. The minimum Gasteiger partial charge on any atom is -0.507 e. The number of rotatable bonds is 5. The Morgan fingerprint density at radius 2 is 1.28 bits per heavy atom. The molecule has 32 heavy (non-hydrogen) atoms. The van der Waals surface area contributed by atoms with E-state index >= 15 is 0 Å². The van der Waals surface area contributed by atoms with E-state index in [1.54, 1.807) is 36.4 Å². The molecule has 0 spiro atoms. The van der Waals surface area contributed by atoms with Crippen molar-refractivity contribution in [3.05, 3.63) is 79.5 Å². The number of benzene rings is 2. The molecule has 0 atom stereocenters. The molecule has 0 aliphatic heterocycles. The van der Waals surface area contributed by atoms with Crippen molar-refractivity contribution in [1.29, 1.82) is 0 Å². The molecule has 0 aliphatic carbocycles. The van der Waals surface area contributed by atoms with Crippen LogP contribution in [0.4, 0.5) is 0 Å². The molecular formula is C24H21NO7. The molecule has 0 saturated heterocycles. The maximum absolute atomic E-state index is 12.8. The van der Waals surface area contributed by atoms with Gasteiger partial charge in [-0.25, -0.2) is 9.59 Å². The molecule has 0 fully saturated rings. The van der Waals surface area contributed by atoms with Gasteiger partial charge >= 0.3 is 11.3 Å². The van der Waals surface area contributed by atoms with E-state index in [1.165, 1.54) is 0 Å². The Balaban J connectivity index is 2.05. The van der Waals surface area contributed by atoms with Gasteiger partial charge < -0.3 is 24.3 Å². The zero-order valence-corrected chi connectivity index (χ0v) is 17.5. The molecule has 0 bridgehead atoms. The number of aromatic hydroxyl groups is 2. The van der Waals surface area contributed by atoms with Gasteiger partial charge in [0.2, 0.25) is 0 Å². The summed E-state index contributed by atoms with van der Waals surface area (Å²) in [7, 11) is 0. The predicted molar refractivity (Wildman–Crippen MR) is 119 cm³/mol. The number of oxime groups is 1. The van der Waals surface area contributed by atoms with Crippen LogP contribution < -0.4 is 11.3 Å². The van der Waals surface area contributed by atoms with Gasteiger partial charge in [-0.2, -0.15) is 0 Å². The summed E-state index contributed by atoms with van der Waals surface area (Å²) in [5, 5.41) is 34.7. The van der Waals surface area contributed by atoms with Gasteiger partial charge in [-0.1, -0.05) is 26.0 Å². The fourth-order valence-corrected chi connectivity index (χ4v) is 3.84. The monoisotopic (exact) mass is 435 g/mol. The molecule has 4 rings (SSSR count). The van der Waals surface area contributed by atoms with Crippen molar-refractivity contribution in [3.63, 3.8) is 0 Å². The Morgan fingerprint density at radius 3 is 1.66 bits per heavy atom. The van der Waals surface area contributed by atoms with E-state index in [9.17, 15) is 25.0 Å². The zero-order valence-electron chi connectivity index (χ0n) is 17.5. The highest BCUT2D eigenvalue weighted by molar-refractivity contribution is 5.90. The van der Waals surface area contributed by atoms with Gasteiger partial charge in [0.05, 0.1) is 34.0 Å². The maximum Gasteiger partial charge on any atom is 0.344 e. The first-order valence-corrected chi connectivity index (χ1v) is 10.1. The first-order chi connectivity index (χ1) is 15.4. The van der Waals surface area contributed by atoms with Gasteiger partial charge in [0, 0.05) is 0 Å². The van der Waals surface area contributed by atoms with E-state index in [0.717, 1.165) is 17.3 Å². The minimum absolute atomic E-state index is 0.162. The summed E-state index contributed by atoms with van der Waals surface area (Å²) in [5.41, 5.74) is -0.476. The topological polar surface area (TPSA) is 133 Å². The average Bonchev–Trinajstić information content (AvgIpc) is 2.78. The van der Waals surface area contributed by atoms with E-state index in [-0.39, 0.29) is 33.1 Å². The lowest BCUT2D eigenvalue weighted by Gasteiger charge is -2.15. The van der Waals surface area contributed by atoms with Crippen molar-refractivity contribution in [2.24, 2.45) is 5.16 Å². The summed E-state index contributed by atoms with van der Waals surface area (Å²) in [6, 6.07) is 10.0. The standard InChI is InChI=1S/C24H21NO7/c1-3-12-5-7-17-14(9-12)21(26)19(23(28)31-17)16(11-25-30)20-22(27)15-10-13(4-2)6-8-18(15)32-24(20)29/h5-11,16,26-27,30H,3-4H2,1-2H3/b25-11+. The van der Waals surface area contributed by atoms with Crippen molar-refractivity contribution in [1.82, 2.24) is 0 Å². The average molecular weight is 435 g/mol. The summed E-state index contributed by atoms with van der Waals surface area (Å²) in [5.74, 6) is -2.29. The molecule has 0 amide bonds. The molecule has 0 saturated carbocycles. The van der Waals surface area contributed by atoms with E-state index < -0.39 is 28.7 Å². The molecule has 0 radical (unpaired) electrons. The Bertz CT molecular complexity index is 1370. The van der Waals surface area contributed by atoms with Crippen molar-refractivity contribution in [3.8, 4) is 11.5 Å². The zero-order chi connectivity index (χ0) is 23.0. The smallest absolute Gasteiger partial charge is 0.344 e. The van der Waals surface area contributed by atoms with Gasteiger partial charge in [-0.15, -0.1) is 5.16 Å². The number of hydrogen-bond acceptors (Lipinski definition) is 8. The van der Waals surface area contributed by atoms with Crippen LogP contribution >= 0.6 is 0 Å². The van der Waals surface area contributed by atoms with Crippen LogP contribution in [0.3, 0.4) is 0 Å². The van der Waals surface area contributed by atoms with Crippen molar-refractivity contribution in [2.45, 2.75) is 32.6 Å². The largest absolute Gasteiger partial charge is 0.507 e. The van der Waals surface area contributed by atoms with Crippen LogP contribution in [0, 0.1) is 0 Å². The Labute approximate surface area is 181 Å². The molecule has 2 aromatic heterocycles. The molecule has 2 aromatic carbocycles. The van der Waals surface area contributed by atoms with Crippen LogP contribution in [0.5, 0.6) is 11.5 Å². The molecular weight excluding hydrogens is 414 g/mol. The third-order valence-corrected chi connectivity index (χ3v) is 5.61. The highest BCUT2D eigenvalue weighted by Gasteiger charge is 2.30. The van der Waals surface area contributed by atoms with Gasteiger partial charge in [-0.3, -0.25) is 0 Å². The minimum atomic E-state index is -1.42. The number of nitrogens with zero attached hydrogens (tertiary/aromatic N) is 1. The molecule has 0 aliphatic rings. The highest BCUT2D eigenvalue weighted by Crippen LogP contribution is 2.38. The molecule has 164 valence electrons. The van der Waals surface area contributed by atoms with Gasteiger partial charge in [0.1, 0.15) is 22.7 Å². The summed E-state index contributed by atoms with van der Waals surface area (Å²) < 4.78 is 10.7. The van der Waals surface area contributed by atoms with Crippen molar-refractivity contribution < 1.29 is 24.3 Å². The third kappa shape index (κ3) is 3.39. The Morgan fingerprint density at radius 1 is 0.844 bits per heavy atom. The molecule has 8 heteroatoms.